The fourth-order valence-electron chi connectivity index (χ4n) is 3.53. The Hall–Kier alpha value is -2.13. The Balaban J connectivity index is 1.84. The van der Waals surface area contributed by atoms with E-state index in [0.717, 1.165) is 24.0 Å². The molecule has 2 aromatic carbocycles. The number of aliphatic hydroxyl groups is 1. The van der Waals surface area contributed by atoms with Gasteiger partial charge < -0.3 is 10.4 Å². The Morgan fingerprint density at radius 3 is 2.12 bits per heavy atom. The van der Waals surface area contributed by atoms with Gasteiger partial charge >= 0.3 is 0 Å². The second kappa shape index (κ2) is 7.83. The van der Waals surface area contributed by atoms with Crippen molar-refractivity contribution in [3.63, 3.8) is 0 Å². The van der Waals surface area contributed by atoms with E-state index in [0.29, 0.717) is 12.3 Å². The molecule has 0 spiro atoms. The molecule has 0 saturated heterocycles. The maximum atomic E-state index is 12.7. The first-order valence-electron chi connectivity index (χ1n) is 9.18. The summed E-state index contributed by atoms with van der Waals surface area (Å²) in [5.74, 6) is 0.438. The monoisotopic (exact) mass is 337 g/mol. The average Bonchev–Trinajstić information content (AvgIpc) is 3.07. The largest absolute Gasteiger partial charge is 0.393 e. The quantitative estimate of drug-likeness (QED) is 0.860. The van der Waals surface area contributed by atoms with Gasteiger partial charge in [0.1, 0.15) is 0 Å². The molecule has 3 rings (SSSR count). The van der Waals surface area contributed by atoms with Crippen molar-refractivity contribution in [1.82, 2.24) is 5.32 Å². The van der Waals surface area contributed by atoms with Crippen LogP contribution < -0.4 is 5.32 Å². The summed E-state index contributed by atoms with van der Waals surface area (Å²) in [7, 11) is 0. The second-order valence-corrected chi connectivity index (χ2v) is 7.34. The zero-order chi connectivity index (χ0) is 17.8. The van der Waals surface area contributed by atoms with E-state index < -0.39 is 0 Å². The second-order valence-electron chi connectivity index (χ2n) is 7.34. The van der Waals surface area contributed by atoms with Crippen molar-refractivity contribution >= 4 is 5.91 Å². The molecule has 1 saturated carbocycles. The van der Waals surface area contributed by atoms with Crippen LogP contribution in [-0.2, 0) is 4.79 Å². The number of nitrogens with one attached hydrogen (secondary N) is 1. The smallest absolute Gasteiger partial charge is 0.223 e. The minimum Gasteiger partial charge on any atom is -0.393 e. The summed E-state index contributed by atoms with van der Waals surface area (Å²) in [6.07, 6.45) is 1.72. The van der Waals surface area contributed by atoms with E-state index >= 15 is 0 Å². The Morgan fingerprint density at radius 1 is 0.960 bits per heavy atom. The van der Waals surface area contributed by atoms with Gasteiger partial charge in [-0.15, -0.1) is 0 Å². The van der Waals surface area contributed by atoms with Crippen LogP contribution in [0.1, 0.15) is 61.8 Å². The minimum absolute atomic E-state index is 0.0401. The van der Waals surface area contributed by atoms with Gasteiger partial charge in [0.15, 0.2) is 0 Å². The number of rotatable bonds is 5. The average molecular weight is 337 g/mol. The van der Waals surface area contributed by atoms with Crippen LogP contribution in [0.25, 0.3) is 0 Å². The van der Waals surface area contributed by atoms with E-state index in [9.17, 15) is 9.90 Å². The van der Waals surface area contributed by atoms with E-state index in [1.54, 1.807) is 0 Å². The van der Waals surface area contributed by atoms with Gasteiger partial charge in [0.25, 0.3) is 0 Å². The molecule has 1 aliphatic carbocycles. The van der Waals surface area contributed by atoms with Crippen LogP contribution in [0.3, 0.4) is 0 Å². The predicted molar refractivity (Wildman–Crippen MR) is 100 cm³/mol. The molecule has 1 aliphatic rings. The van der Waals surface area contributed by atoms with Crippen molar-refractivity contribution in [1.29, 1.82) is 0 Å². The number of hydrogen-bond donors (Lipinski definition) is 2. The van der Waals surface area contributed by atoms with Gasteiger partial charge in [-0.3, -0.25) is 4.79 Å². The van der Waals surface area contributed by atoms with Crippen LogP contribution in [0, 0.1) is 5.92 Å². The third-order valence-electron chi connectivity index (χ3n) is 5.13. The van der Waals surface area contributed by atoms with E-state index in [2.05, 4.69) is 43.4 Å². The summed E-state index contributed by atoms with van der Waals surface area (Å²) in [5, 5.41) is 12.9. The first-order valence-corrected chi connectivity index (χ1v) is 9.18. The van der Waals surface area contributed by atoms with Crippen molar-refractivity contribution in [2.24, 2.45) is 5.92 Å². The lowest BCUT2D eigenvalue weighted by Gasteiger charge is -2.22. The molecule has 1 fully saturated rings. The van der Waals surface area contributed by atoms with Gasteiger partial charge in [-0.2, -0.15) is 0 Å². The van der Waals surface area contributed by atoms with Crippen LogP contribution in [0.2, 0.25) is 0 Å². The molecule has 0 bridgehead atoms. The molecule has 1 amide bonds. The number of carbonyl (C=O) groups is 1. The maximum Gasteiger partial charge on any atom is 0.223 e. The number of benzene rings is 2. The molecule has 3 atom stereocenters. The minimum atomic E-state index is -0.337. The number of amides is 1. The SMILES string of the molecule is CC(C)c1ccc(C(NC(=O)C2CCC(O)C2)c2ccccc2)cc1. The van der Waals surface area contributed by atoms with Gasteiger partial charge in [-0.25, -0.2) is 0 Å². The zero-order valence-corrected chi connectivity index (χ0v) is 15.0. The van der Waals surface area contributed by atoms with E-state index in [-0.39, 0.29) is 24.0 Å². The summed E-state index contributed by atoms with van der Waals surface area (Å²) in [6.45, 7) is 4.35. The molecule has 0 aliphatic heterocycles. The summed E-state index contributed by atoms with van der Waals surface area (Å²) in [6, 6.07) is 18.4. The van der Waals surface area contributed by atoms with Crippen molar-refractivity contribution in [3.05, 3.63) is 71.3 Å². The van der Waals surface area contributed by atoms with E-state index in [4.69, 9.17) is 0 Å². The van der Waals surface area contributed by atoms with Crippen molar-refractivity contribution < 1.29 is 9.90 Å². The molecular formula is C22H27NO2. The molecular weight excluding hydrogens is 310 g/mol. The highest BCUT2D eigenvalue weighted by Crippen LogP contribution is 2.29. The van der Waals surface area contributed by atoms with Crippen LogP contribution in [0.4, 0.5) is 0 Å². The van der Waals surface area contributed by atoms with Gasteiger partial charge in [-0.05, 0) is 41.9 Å². The molecule has 3 unspecified atom stereocenters. The predicted octanol–water partition coefficient (Wildman–Crippen LogP) is 4.18. The molecule has 2 N–H and O–H groups in total. The molecule has 3 nitrogen and oxygen atoms in total. The topological polar surface area (TPSA) is 49.3 Å². The lowest BCUT2D eigenvalue weighted by Crippen LogP contribution is -2.34. The normalized spacial score (nSPS) is 21.3. The molecule has 132 valence electrons. The van der Waals surface area contributed by atoms with E-state index in [1.165, 1.54) is 5.56 Å². The summed E-state index contributed by atoms with van der Waals surface area (Å²) >= 11 is 0. The van der Waals surface area contributed by atoms with E-state index in [1.807, 2.05) is 30.3 Å². The molecule has 0 radical (unpaired) electrons. The Kier molecular flexibility index (Phi) is 5.54. The first kappa shape index (κ1) is 17.7. The van der Waals surface area contributed by atoms with Gasteiger partial charge in [-0.1, -0.05) is 68.4 Å². The highest BCUT2D eigenvalue weighted by molar-refractivity contribution is 5.80. The molecule has 0 heterocycles. The lowest BCUT2D eigenvalue weighted by atomic mass is 9.94. The summed E-state index contributed by atoms with van der Waals surface area (Å²) in [4.78, 5) is 12.7. The van der Waals surface area contributed by atoms with Gasteiger partial charge in [0, 0.05) is 5.92 Å². The number of aliphatic hydroxyl groups excluding tert-OH is 1. The fourth-order valence-corrected chi connectivity index (χ4v) is 3.53. The fraction of sp³-hybridized carbons (Fsp3) is 0.409. The first-order chi connectivity index (χ1) is 12.0. The molecule has 0 aromatic heterocycles. The standard InChI is InChI=1S/C22H27NO2/c1-15(2)16-8-10-18(11-9-16)21(17-6-4-3-5-7-17)23-22(25)19-12-13-20(24)14-19/h3-11,15,19-21,24H,12-14H2,1-2H3,(H,23,25). The van der Waals surface area contributed by atoms with Crippen LogP contribution >= 0.6 is 0 Å². The molecule has 3 heteroatoms. The van der Waals surface area contributed by atoms with Crippen LogP contribution in [-0.4, -0.2) is 17.1 Å². The van der Waals surface area contributed by atoms with Crippen molar-refractivity contribution in [2.75, 3.05) is 0 Å². The Labute approximate surface area is 150 Å². The Morgan fingerprint density at radius 2 is 1.56 bits per heavy atom. The van der Waals surface area contributed by atoms with Gasteiger partial charge in [0.05, 0.1) is 12.1 Å². The highest BCUT2D eigenvalue weighted by atomic mass is 16.3. The van der Waals surface area contributed by atoms with Gasteiger partial charge in [0.2, 0.25) is 5.91 Å². The van der Waals surface area contributed by atoms with Crippen LogP contribution in [0.5, 0.6) is 0 Å². The zero-order valence-electron chi connectivity index (χ0n) is 15.0. The number of hydrogen-bond acceptors (Lipinski definition) is 2. The third kappa shape index (κ3) is 4.29. The lowest BCUT2D eigenvalue weighted by molar-refractivity contribution is -0.125. The maximum absolute atomic E-state index is 12.7. The van der Waals surface area contributed by atoms with Crippen molar-refractivity contribution in [3.8, 4) is 0 Å². The summed E-state index contributed by atoms with van der Waals surface area (Å²) < 4.78 is 0. The molecule has 25 heavy (non-hydrogen) atoms. The van der Waals surface area contributed by atoms with Crippen LogP contribution in [0.15, 0.2) is 54.6 Å². The summed E-state index contributed by atoms with van der Waals surface area (Å²) in [5.41, 5.74) is 3.45. The number of carbonyl (C=O) groups excluding carboxylic acids is 1. The Bertz CT molecular complexity index is 694. The third-order valence-corrected chi connectivity index (χ3v) is 5.13. The molecule has 2 aromatic rings. The van der Waals surface area contributed by atoms with Crippen molar-refractivity contribution in [2.45, 2.75) is 51.2 Å². The highest BCUT2D eigenvalue weighted by Gasteiger charge is 2.30.